The first-order valence-corrected chi connectivity index (χ1v) is 22.0. The summed E-state index contributed by atoms with van der Waals surface area (Å²) in [7, 11) is 0. The van der Waals surface area contributed by atoms with Crippen LogP contribution in [0.25, 0.3) is 87.5 Å². The number of hydrogen-bond donors (Lipinski definition) is 0. The van der Waals surface area contributed by atoms with Gasteiger partial charge >= 0.3 is 0 Å². The van der Waals surface area contributed by atoms with Crippen LogP contribution in [0.2, 0.25) is 0 Å². The molecule has 0 aliphatic heterocycles. The Labute approximate surface area is 365 Å². The minimum Gasteiger partial charge on any atom is -0.228 e. The van der Waals surface area contributed by atoms with E-state index in [-0.39, 0.29) is 0 Å². The molecular formula is C59H38N2S. The van der Waals surface area contributed by atoms with Crippen LogP contribution < -0.4 is 0 Å². The Balaban J connectivity index is 0.936. The molecule has 0 unspecified atom stereocenters. The van der Waals surface area contributed by atoms with Crippen LogP contribution >= 0.6 is 11.3 Å². The molecule has 9 aromatic carbocycles. The number of thiophene rings is 1. The average molecular weight is 807 g/mol. The summed E-state index contributed by atoms with van der Waals surface area (Å²) in [6.45, 7) is 0. The molecular weight excluding hydrogens is 769 g/mol. The van der Waals surface area contributed by atoms with E-state index in [4.69, 9.17) is 9.97 Å². The van der Waals surface area contributed by atoms with Gasteiger partial charge in [-0.1, -0.05) is 212 Å². The van der Waals surface area contributed by atoms with Gasteiger partial charge in [0.1, 0.15) is 0 Å². The van der Waals surface area contributed by atoms with Gasteiger partial charge in [0.2, 0.25) is 0 Å². The van der Waals surface area contributed by atoms with Gasteiger partial charge in [0, 0.05) is 36.9 Å². The molecule has 0 saturated heterocycles. The maximum atomic E-state index is 5.18. The van der Waals surface area contributed by atoms with Crippen LogP contribution in [0.3, 0.4) is 0 Å². The summed E-state index contributed by atoms with van der Waals surface area (Å²) < 4.78 is 2.63. The van der Waals surface area contributed by atoms with Crippen molar-refractivity contribution in [3.63, 3.8) is 0 Å². The summed E-state index contributed by atoms with van der Waals surface area (Å²) in [5.41, 5.74) is 16.9. The van der Waals surface area contributed by atoms with Crippen LogP contribution in [-0.4, -0.2) is 9.97 Å². The normalized spacial score (nSPS) is 12.6. The predicted octanol–water partition coefficient (Wildman–Crippen LogP) is 15.5. The first-order chi connectivity index (χ1) is 30.7. The fourth-order valence-corrected chi connectivity index (χ4v) is 10.9. The Morgan fingerprint density at radius 3 is 1.53 bits per heavy atom. The molecule has 0 saturated carbocycles. The zero-order valence-electron chi connectivity index (χ0n) is 33.7. The summed E-state index contributed by atoms with van der Waals surface area (Å²) >= 11 is 1.85. The van der Waals surface area contributed by atoms with Crippen LogP contribution in [0.5, 0.6) is 0 Å². The average Bonchev–Trinajstić information content (AvgIpc) is 3.88. The summed E-state index contributed by atoms with van der Waals surface area (Å²) in [6, 6.07) is 83.4. The fourth-order valence-electron chi connectivity index (χ4n) is 9.75. The second kappa shape index (κ2) is 14.8. The molecule has 3 heteroatoms. The Morgan fingerprint density at radius 1 is 0.323 bits per heavy atom. The highest BCUT2D eigenvalue weighted by Crippen LogP contribution is 2.58. The molecule has 1 aliphatic rings. The monoisotopic (exact) mass is 806 g/mol. The molecule has 0 spiro atoms. The van der Waals surface area contributed by atoms with Gasteiger partial charge in [-0.15, -0.1) is 11.3 Å². The standard InChI is InChI=1S/C59H38N2S/c1-4-15-43(16-5-1)58-60-53(41-31-27-39(28-32-41)44-35-36-49-48-21-11-13-26-55(48)62-56(49)37-44)38-54(61-58)42-33-29-40(30-34-42)47-23-14-25-52-57(47)50-22-10-12-24-51(50)59(52,45-17-6-2-7-18-45)46-19-8-3-9-20-46/h1-38H. The molecule has 12 rings (SSSR count). The highest BCUT2D eigenvalue weighted by atomic mass is 32.1. The third-order valence-corrected chi connectivity index (χ3v) is 13.8. The van der Waals surface area contributed by atoms with Crippen molar-refractivity contribution in [3.8, 4) is 67.3 Å². The number of aromatic nitrogens is 2. The summed E-state index contributed by atoms with van der Waals surface area (Å²) in [5.74, 6) is 0.706. The predicted molar refractivity (Wildman–Crippen MR) is 259 cm³/mol. The van der Waals surface area contributed by atoms with Gasteiger partial charge in [0.25, 0.3) is 0 Å². The van der Waals surface area contributed by atoms with Crippen molar-refractivity contribution in [2.75, 3.05) is 0 Å². The lowest BCUT2D eigenvalue weighted by atomic mass is 9.67. The molecule has 11 aromatic rings. The van der Waals surface area contributed by atoms with Gasteiger partial charge in [0.15, 0.2) is 5.82 Å². The van der Waals surface area contributed by atoms with E-state index in [1.165, 1.54) is 75.8 Å². The van der Waals surface area contributed by atoms with Crippen LogP contribution in [0.15, 0.2) is 231 Å². The van der Waals surface area contributed by atoms with E-state index in [1.807, 2.05) is 29.5 Å². The SMILES string of the molecule is c1ccc(-c2nc(-c3ccc(-c4ccc5c(c4)sc4ccccc45)cc3)cc(-c3ccc(-c4cccc5c4-c4ccccc4C5(c4ccccc4)c4ccccc4)cc3)n2)cc1. The van der Waals surface area contributed by atoms with Gasteiger partial charge < -0.3 is 0 Å². The first-order valence-electron chi connectivity index (χ1n) is 21.1. The van der Waals surface area contributed by atoms with E-state index >= 15 is 0 Å². The number of nitrogens with zero attached hydrogens (tertiary/aromatic N) is 2. The fraction of sp³-hybridized carbons (Fsp3) is 0.0169. The second-order valence-electron chi connectivity index (χ2n) is 16.0. The van der Waals surface area contributed by atoms with Crippen LogP contribution in [0.4, 0.5) is 0 Å². The van der Waals surface area contributed by atoms with Crippen LogP contribution in [0.1, 0.15) is 22.3 Å². The molecule has 0 atom stereocenters. The largest absolute Gasteiger partial charge is 0.228 e. The van der Waals surface area contributed by atoms with E-state index in [9.17, 15) is 0 Å². The molecule has 0 N–H and O–H groups in total. The molecule has 1 aliphatic carbocycles. The van der Waals surface area contributed by atoms with Crippen molar-refractivity contribution in [1.29, 1.82) is 0 Å². The van der Waals surface area contributed by atoms with Crippen molar-refractivity contribution in [2.24, 2.45) is 0 Å². The second-order valence-corrected chi connectivity index (χ2v) is 17.1. The molecule has 0 bridgehead atoms. The molecule has 290 valence electrons. The molecule has 2 heterocycles. The number of fused-ring (bicyclic) bond motifs is 6. The summed E-state index contributed by atoms with van der Waals surface area (Å²) in [4.78, 5) is 10.3. The first kappa shape index (κ1) is 36.2. The lowest BCUT2D eigenvalue weighted by Gasteiger charge is -2.34. The Morgan fingerprint density at radius 2 is 0.839 bits per heavy atom. The van der Waals surface area contributed by atoms with Crippen molar-refractivity contribution in [1.82, 2.24) is 9.97 Å². The van der Waals surface area contributed by atoms with Crippen LogP contribution in [0, 0.1) is 0 Å². The van der Waals surface area contributed by atoms with Crippen molar-refractivity contribution in [2.45, 2.75) is 5.41 Å². The van der Waals surface area contributed by atoms with Crippen molar-refractivity contribution < 1.29 is 0 Å². The molecule has 2 aromatic heterocycles. The minimum absolute atomic E-state index is 0.444. The van der Waals surface area contributed by atoms with Gasteiger partial charge in [-0.05, 0) is 73.8 Å². The molecule has 62 heavy (non-hydrogen) atoms. The van der Waals surface area contributed by atoms with E-state index in [1.54, 1.807) is 0 Å². The maximum absolute atomic E-state index is 5.18. The number of hydrogen-bond acceptors (Lipinski definition) is 3. The van der Waals surface area contributed by atoms with Crippen LogP contribution in [-0.2, 0) is 5.41 Å². The Hall–Kier alpha value is -7.72. The molecule has 2 nitrogen and oxygen atoms in total. The summed E-state index contributed by atoms with van der Waals surface area (Å²) in [6.07, 6.45) is 0. The highest BCUT2D eigenvalue weighted by molar-refractivity contribution is 7.25. The zero-order valence-corrected chi connectivity index (χ0v) is 34.6. The Kier molecular flexibility index (Phi) is 8.62. The van der Waals surface area contributed by atoms with Gasteiger partial charge in [0.05, 0.1) is 16.8 Å². The smallest absolute Gasteiger partial charge is 0.160 e. The molecule has 0 radical (unpaired) electrons. The third kappa shape index (κ3) is 5.85. The van der Waals surface area contributed by atoms with Gasteiger partial charge in [-0.2, -0.15) is 0 Å². The lowest BCUT2D eigenvalue weighted by Crippen LogP contribution is -2.28. The van der Waals surface area contributed by atoms with Gasteiger partial charge in [-0.3, -0.25) is 0 Å². The van der Waals surface area contributed by atoms with E-state index < -0.39 is 5.41 Å². The quantitative estimate of drug-likeness (QED) is 0.160. The topological polar surface area (TPSA) is 25.8 Å². The van der Waals surface area contributed by atoms with Crippen molar-refractivity contribution >= 4 is 31.5 Å². The third-order valence-electron chi connectivity index (χ3n) is 12.6. The molecule has 0 fully saturated rings. The van der Waals surface area contributed by atoms with Gasteiger partial charge in [-0.25, -0.2) is 9.97 Å². The highest BCUT2D eigenvalue weighted by Gasteiger charge is 2.46. The number of benzene rings is 9. The summed E-state index contributed by atoms with van der Waals surface area (Å²) in [5, 5.41) is 2.63. The van der Waals surface area contributed by atoms with Crippen molar-refractivity contribution in [3.05, 3.63) is 253 Å². The van der Waals surface area contributed by atoms with E-state index in [2.05, 4.69) is 212 Å². The lowest BCUT2D eigenvalue weighted by molar-refractivity contribution is 0.768. The minimum atomic E-state index is -0.444. The Bertz CT molecular complexity index is 3390. The maximum Gasteiger partial charge on any atom is 0.160 e. The van der Waals surface area contributed by atoms with E-state index in [0.29, 0.717) is 5.82 Å². The molecule has 0 amide bonds. The number of rotatable bonds is 7. The zero-order chi connectivity index (χ0) is 41.0. The van der Waals surface area contributed by atoms with E-state index in [0.717, 1.165) is 28.1 Å².